The molecule has 20 heavy (non-hydrogen) atoms. The maximum Gasteiger partial charge on any atom is 0.303 e. The summed E-state index contributed by atoms with van der Waals surface area (Å²) in [6.45, 7) is 5.21. The summed E-state index contributed by atoms with van der Waals surface area (Å²) in [6, 6.07) is 0. The van der Waals surface area contributed by atoms with Gasteiger partial charge in [-0.25, -0.2) is 0 Å². The summed E-state index contributed by atoms with van der Waals surface area (Å²) in [7, 11) is 0. The fourth-order valence-electron chi connectivity index (χ4n) is 1.96. The maximum atomic E-state index is 11.2. The Kier molecular flexibility index (Phi) is 5.76. The summed E-state index contributed by atoms with van der Waals surface area (Å²) in [5.41, 5.74) is -1.01. The Morgan fingerprint density at radius 1 is 0.850 bits per heavy atom. The molecule has 0 saturated carbocycles. The highest BCUT2D eigenvalue weighted by atomic mass is 35.5. The zero-order valence-electron chi connectivity index (χ0n) is 11.6. The molecule has 1 aliphatic heterocycles. The fraction of sp³-hybridized carbons (Fsp3) is 0.750. The van der Waals surface area contributed by atoms with Gasteiger partial charge in [0.2, 0.25) is 0 Å². The van der Waals surface area contributed by atoms with Crippen LogP contribution in [0.5, 0.6) is 0 Å². The van der Waals surface area contributed by atoms with Crippen LogP contribution in [0.25, 0.3) is 0 Å². The minimum Gasteiger partial charge on any atom is -0.456 e. The van der Waals surface area contributed by atoms with Crippen molar-refractivity contribution in [3.05, 3.63) is 0 Å². The smallest absolute Gasteiger partial charge is 0.303 e. The Labute approximate surface area is 121 Å². The van der Waals surface area contributed by atoms with Crippen LogP contribution in [0.15, 0.2) is 0 Å². The first-order valence-electron chi connectivity index (χ1n) is 6.03. The normalized spacial score (nSPS) is 33.1. The molecule has 0 aromatic heterocycles. The van der Waals surface area contributed by atoms with Crippen molar-refractivity contribution < 1.29 is 33.3 Å². The summed E-state index contributed by atoms with van der Waals surface area (Å²) in [4.78, 5) is 33.5. The van der Waals surface area contributed by atoms with E-state index in [9.17, 15) is 14.4 Å². The van der Waals surface area contributed by atoms with Crippen LogP contribution in [0.3, 0.4) is 0 Å². The van der Waals surface area contributed by atoms with Crippen LogP contribution in [0.4, 0.5) is 0 Å². The van der Waals surface area contributed by atoms with E-state index in [1.807, 2.05) is 0 Å². The molecule has 1 saturated heterocycles. The van der Waals surface area contributed by atoms with Crippen LogP contribution >= 0.6 is 11.6 Å². The molecule has 1 aliphatic rings. The number of halogens is 1. The second kappa shape index (κ2) is 6.90. The molecule has 8 heteroatoms. The van der Waals surface area contributed by atoms with Gasteiger partial charge in [0.25, 0.3) is 0 Å². The molecule has 0 unspecified atom stereocenters. The lowest BCUT2D eigenvalue weighted by molar-refractivity contribution is -0.230. The fourth-order valence-corrected chi connectivity index (χ4v) is 2.31. The first kappa shape index (κ1) is 16.7. The molecule has 0 radical (unpaired) electrons. The molecule has 5 atom stereocenters. The van der Waals surface area contributed by atoms with Crippen molar-refractivity contribution in [3.8, 4) is 0 Å². The van der Waals surface area contributed by atoms with Gasteiger partial charge in [0.1, 0.15) is 0 Å². The van der Waals surface area contributed by atoms with Gasteiger partial charge in [-0.3, -0.25) is 14.4 Å². The highest BCUT2D eigenvalue weighted by Gasteiger charge is 2.49. The van der Waals surface area contributed by atoms with Crippen molar-refractivity contribution in [1.29, 1.82) is 0 Å². The molecular weight excluding hydrogens is 292 g/mol. The third-order valence-electron chi connectivity index (χ3n) is 2.62. The highest BCUT2D eigenvalue weighted by Crippen LogP contribution is 2.30. The molecule has 0 aliphatic carbocycles. The van der Waals surface area contributed by atoms with Crippen LogP contribution in [-0.4, -0.2) is 47.9 Å². The van der Waals surface area contributed by atoms with E-state index in [2.05, 4.69) is 0 Å². The monoisotopic (exact) mass is 308 g/mol. The number of hydrogen-bond donors (Lipinski definition) is 0. The van der Waals surface area contributed by atoms with Gasteiger partial charge in [-0.1, -0.05) is 11.6 Å². The first-order chi connectivity index (χ1) is 9.22. The van der Waals surface area contributed by atoms with Gasteiger partial charge < -0.3 is 18.9 Å². The van der Waals surface area contributed by atoms with Gasteiger partial charge >= 0.3 is 17.9 Å². The predicted molar refractivity (Wildman–Crippen MR) is 66.9 cm³/mol. The van der Waals surface area contributed by atoms with Crippen LogP contribution in [-0.2, 0) is 33.3 Å². The maximum absolute atomic E-state index is 11.2. The largest absolute Gasteiger partial charge is 0.456 e. The Morgan fingerprint density at radius 2 is 1.25 bits per heavy atom. The zero-order chi connectivity index (χ0) is 15.4. The van der Waals surface area contributed by atoms with Gasteiger partial charge in [-0.2, -0.15) is 0 Å². The van der Waals surface area contributed by atoms with Crippen LogP contribution in [0.1, 0.15) is 27.7 Å². The number of carbonyl (C=O) groups is 3. The summed E-state index contributed by atoms with van der Waals surface area (Å²) >= 11 is 5.97. The first-order valence-corrected chi connectivity index (χ1v) is 6.47. The van der Waals surface area contributed by atoms with E-state index < -0.39 is 47.9 Å². The number of ether oxygens (including phenoxy) is 4. The van der Waals surface area contributed by atoms with E-state index in [4.69, 9.17) is 30.5 Å². The lowest BCUT2D eigenvalue weighted by Gasteiger charge is -2.41. The topological polar surface area (TPSA) is 88.1 Å². The van der Waals surface area contributed by atoms with Gasteiger partial charge in [0, 0.05) is 20.8 Å². The molecule has 7 nitrogen and oxygen atoms in total. The third kappa shape index (κ3) is 4.35. The number of rotatable bonds is 3. The Balaban J connectivity index is 3.01. The standard InChI is InChI=1S/C12H17ClO7/c1-5-9(18-6(2)14)10(19-7(3)15)11(12(13)17-5)20-8(4)16/h5,9-12H,1-4H3/t5-,9-,10+,11-,12+/m1/s1. The van der Waals surface area contributed by atoms with Crippen molar-refractivity contribution in [2.24, 2.45) is 0 Å². The number of alkyl halides is 1. The molecule has 0 N–H and O–H groups in total. The predicted octanol–water partition coefficient (Wildman–Crippen LogP) is 0.765. The minimum atomic E-state index is -1.06. The second-order valence-electron chi connectivity index (χ2n) is 4.41. The Hall–Kier alpha value is -1.34. The van der Waals surface area contributed by atoms with E-state index >= 15 is 0 Å². The summed E-state index contributed by atoms with van der Waals surface area (Å²) in [5.74, 6) is -1.79. The second-order valence-corrected chi connectivity index (χ2v) is 4.84. The van der Waals surface area contributed by atoms with Crippen molar-refractivity contribution in [2.45, 2.75) is 57.7 Å². The molecule has 1 fully saturated rings. The molecule has 1 heterocycles. The third-order valence-corrected chi connectivity index (χ3v) is 2.97. The molecule has 0 amide bonds. The Morgan fingerprint density at radius 3 is 1.70 bits per heavy atom. The zero-order valence-corrected chi connectivity index (χ0v) is 12.4. The summed E-state index contributed by atoms with van der Waals surface area (Å²) in [6.07, 6.45) is -3.60. The molecule has 1 rings (SSSR count). The number of hydrogen-bond acceptors (Lipinski definition) is 7. The lowest BCUT2D eigenvalue weighted by atomic mass is 10.00. The van der Waals surface area contributed by atoms with Crippen molar-refractivity contribution in [2.75, 3.05) is 0 Å². The van der Waals surface area contributed by atoms with Crippen LogP contribution in [0, 0.1) is 0 Å². The van der Waals surface area contributed by atoms with E-state index in [1.165, 1.54) is 20.8 Å². The van der Waals surface area contributed by atoms with Crippen LogP contribution in [0.2, 0.25) is 0 Å². The average Bonchev–Trinajstić information content (AvgIpc) is 2.27. The van der Waals surface area contributed by atoms with E-state index in [1.54, 1.807) is 6.92 Å². The highest BCUT2D eigenvalue weighted by molar-refractivity contribution is 6.20. The summed E-state index contributed by atoms with van der Waals surface area (Å²) in [5, 5.41) is 0. The van der Waals surface area contributed by atoms with Crippen LogP contribution < -0.4 is 0 Å². The van der Waals surface area contributed by atoms with E-state index in [0.717, 1.165) is 0 Å². The van der Waals surface area contributed by atoms with Gasteiger partial charge in [-0.15, -0.1) is 0 Å². The molecule has 114 valence electrons. The Bertz CT molecular complexity index is 369. The van der Waals surface area contributed by atoms with Gasteiger partial charge in [0.05, 0.1) is 6.10 Å². The lowest BCUT2D eigenvalue weighted by Crippen LogP contribution is -2.59. The van der Waals surface area contributed by atoms with Crippen molar-refractivity contribution >= 4 is 29.5 Å². The van der Waals surface area contributed by atoms with Crippen molar-refractivity contribution in [1.82, 2.24) is 0 Å². The molecule has 0 spiro atoms. The molecular formula is C12H17ClO7. The molecule has 0 aromatic carbocycles. The summed E-state index contributed by atoms with van der Waals surface area (Å²) < 4.78 is 20.5. The average molecular weight is 309 g/mol. The molecule has 0 aromatic rings. The van der Waals surface area contributed by atoms with Crippen molar-refractivity contribution in [3.63, 3.8) is 0 Å². The molecule has 0 bridgehead atoms. The van der Waals surface area contributed by atoms with E-state index in [-0.39, 0.29) is 0 Å². The number of carbonyl (C=O) groups excluding carboxylic acids is 3. The SMILES string of the molecule is CC(=O)O[C@@H]1[C@@H](OC(C)=O)[C@@H](Cl)O[C@H](C)[C@H]1OC(C)=O. The number of esters is 3. The quantitative estimate of drug-likeness (QED) is 0.432. The van der Waals surface area contributed by atoms with E-state index in [0.29, 0.717) is 0 Å². The van der Waals surface area contributed by atoms with Gasteiger partial charge in [-0.05, 0) is 6.92 Å². The minimum absolute atomic E-state index is 0.572. The van der Waals surface area contributed by atoms with Gasteiger partial charge in [0.15, 0.2) is 23.9 Å².